The Kier molecular flexibility index (Phi) is 8.72. The maximum absolute atomic E-state index is 13.4. The highest BCUT2D eigenvalue weighted by Crippen LogP contribution is 2.37. The first kappa shape index (κ1) is 28.4. The van der Waals surface area contributed by atoms with Gasteiger partial charge in [-0.3, -0.25) is 4.79 Å². The predicted molar refractivity (Wildman–Crippen MR) is 159 cm³/mol. The van der Waals surface area contributed by atoms with Crippen molar-refractivity contribution in [2.45, 2.75) is 39.7 Å². The third kappa shape index (κ3) is 6.34. The Labute approximate surface area is 244 Å². The number of aromatic nitrogens is 2. The molecule has 3 aromatic carbocycles. The number of halogens is 4. The molecule has 0 saturated heterocycles. The minimum absolute atomic E-state index is 0.215. The van der Waals surface area contributed by atoms with Crippen molar-refractivity contribution in [1.29, 1.82) is 0 Å². The number of fused-ring (bicyclic) bond motifs is 1. The van der Waals surface area contributed by atoms with Crippen LogP contribution in [0, 0.1) is 0 Å². The van der Waals surface area contributed by atoms with Crippen molar-refractivity contribution in [3.05, 3.63) is 95.4 Å². The lowest BCUT2D eigenvalue weighted by atomic mass is 9.95. The monoisotopic (exact) mass is 635 g/mol. The summed E-state index contributed by atoms with van der Waals surface area (Å²) in [6.07, 6.45) is 1.55. The van der Waals surface area contributed by atoms with Gasteiger partial charge >= 0.3 is 0 Å². The van der Waals surface area contributed by atoms with Crippen molar-refractivity contribution in [1.82, 2.24) is 9.66 Å². The molecule has 0 spiro atoms. The van der Waals surface area contributed by atoms with Crippen LogP contribution in [0.4, 0.5) is 0 Å². The average Bonchev–Trinajstić information content (AvgIpc) is 2.85. The number of ether oxygens (including phenoxy) is 2. The second-order valence-electron chi connectivity index (χ2n) is 9.51. The van der Waals surface area contributed by atoms with Crippen LogP contribution in [0.2, 0.25) is 15.1 Å². The summed E-state index contributed by atoms with van der Waals surface area (Å²) < 4.78 is 13.9. The fourth-order valence-corrected chi connectivity index (χ4v) is 4.67. The summed E-state index contributed by atoms with van der Waals surface area (Å²) in [7, 11) is 0. The van der Waals surface area contributed by atoms with Gasteiger partial charge in [0.05, 0.1) is 38.8 Å². The van der Waals surface area contributed by atoms with Gasteiger partial charge in [-0.2, -0.15) is 9.78 Å². The molecule has 38 heavy (non-hydrogen) atoms. The zero-order valence-electron chi connectivity index (χ0n) is 21.2. The highest BCUT2D eigenvalue weighted by Gasteiger charge is 2.23. The van der Waals surface area contributed by atoms with E-state index in [2.05, 4.69) is 21.0 Å². The van der Waals surface area contributed by atoms with E-state index in [0.29, 0.717) is 55.5 Å². The molecule has 0 aliphatic rings. The van der Waals surface area contributed by atoms with E-state index >= 15 is 0 Å². The third-order valence-electron chi connectivity index (χ3n) is 5.50. The molecular weight excluding hydrogens is 613 g/mol. The molecule has 0 aliphatic heterocycles. The fraction of sp³-hybridized carbons (Fsp3) is 0.250. The van der Waals surface area contributed by atoms with Crippen LogP contribution in [-0.4, -0.2) is 22.5 Å². The smallest absolute Gasteiger partial charge is 0.282 e. The number of rotatable bonds is 7. The fourth-order valence-electron chi connectivity index (χ4n) is 3.72. The molecule has 1 aromatic heterocycles. The molecule has 0 unspecified atom stereocenters. The van der Waals surface area contributed by atoms with E-state index in [1.54, 1.807) is 36.5 Å². The van der Waals surface area contributed by atoms with Gasteiger partial charge in [0.1, 0.15) is 12.4 Å². The molecule has 0 bridgehead atoms. The highest BCUT2D eigenvalue weighted by atomic mass is 79.9. The van der Waals surface area contributed by atoms with E-state index in [4.69, 9.17) is 49.3 Å². The average molecular weight is 638 g/mol. The molecule has 4 aromatic rings. The molecule has 198 valence electrons. The van der Waals surface area contributed by atoms with E-state index in [1.807, 2.05) is 45.9 Å². The predicted octanol–water partition coefficient (Wildman–Crippen LogP) is 8.28. The Morgan fingerprint density at radius 1 is 1.00 bits per heavy atom. The topological polar surface area (TPSA) is 65.7 Å². The van der Waals surface area contributed by atoms with Gasteiger partial charge in [-0.25, -0.2) is 4.98 Å². The van der Waals surface area contributed by atoms with Gasteiger partial charge in [0.2, 0.25) is 0 Å². The van der Waals surface area contributed by atoms with Crippen LogP contribution in [0.1, 0.15) is 44.6 Å². The molecule has 1 heterocycles. The molecule has 0 saturated carbocycles. The molecule has 0 fully saturated rings. The summed E-state index contributed by atoms with van der Waals surface area (Å²) in [5.41, 5.74) is 1.36. The SMILES string of the molecule is CCOc1cc(C=Nn2c(C(C)(C)C)nc3ccc(Br)cc3c2=O)cc(Cl)c1OCc1ccc(Cl)c(Cl)c1. The van der Waals surface area contributed by atoms with Crippen molar-refractivity contribution in [3.63, 3.8) is 0 Å². The minimum atomic E-state index is -0.436. The van der Waals surface area contributed by atoms with Gasteiger partial charge in [0.15, 0.2) is 11.5 Å². The number of nitrogens with zero attached hydrogens (tertiary/aromatic N) is 3. The van der Waals surface area contributed by atoms with Gasteiger partial charge in [-0.1, -0.05) is 77.6 Å². The van der Waals surface area contributed by atoms with Crippen LogP contribution in [0.3, 0.4) is 0 Å². The summed E-state index contributed by atoms with van der Waals surface area (Å²) >= 11 is 22.2. The molecule has 0 N–H and O–H groups in total. The van der Waals surface area contributed by atoms with Crippen molar-refractivity contribution in [3.8, 4) is 11.5 Å². The van der Waals surface area contributed by atoms with E-state index in [1.165, 1.54) is 4.68 Å². The zero-order chi connectivity index (χ0) is 27.6. The molecule has 0 radical (unpaired) electrons. The number of hydrogen-bond acceptors (Lipinski definition) is 5. The van der Waals surface area contributed by atoms with E-state index in [0.717, 1.165) is 10.0 Å². The third-order valence-corrected chi connectivity index (χ3v) is 7.01. The first-order valence-electron chi connectivity index (χ1n) is 11.8. The quantitative estimate of drug-likeness (QED) is 0.191. The van der Waals surface area contributed by atoms with Crippen LogP contribution >= 0.6 is 50.7 Å². The van der Waals surface area contributed by atoms with Gasteiger partial charge in [-0.05, 0) is 60.5 Å². The minimum Gasteiger partial charge on any atom is -0.490 e. The van der Waals surface area contributed by atoms with Gasteiger partial charge in [-0.15, -0.1) is 0 Å². The van der Waals surface area contributed by atoms with Crippen molar-refractivity contribution < 1.29 is 9.47 Å². The Morgan fingerprint density at radius 3 is 2.45 bits per heavy atom. The molecule has 10 heteroatoms. The highest BCUT2D eigenvalue weighted by molar-refractivity contribution is 9.10. The Morgan fingerprint density at radius 2 is 1.76 bits per heavy atom. The molecule has 6 nitrogen and oxygen atoms in total. The Balaban J connectivity index is 1.72. The maximum Gasteiger partial charge on any atom is 0.282 e. The largest absolute Gasteiger partial charge is 0.490 e. The van der Waals surface area contributed by atoms with Crippen LogP contribution in [0.25, 0.3) is 10.9 Å². The first-order chi connectivity index (χ1) is 18.0. The summed E-state index contributed by atoms with van der Waals surface area (Å²) in [4.78, 5) is 18.2. The molecule has 0 aliphatic carbocycles. The van der Waals surface area contributed by atoms with Crippen LogP contribution in [0.15, 0.2) is 62.9 Å². The second-order valence-corrected chi connectivity index (χ2v) is 11.6. The van der Waals surface area contributed by atoms with E-state index in [-0.39, 0.29) is 12.2 Å². The van der Waals surface area contributed by atoms with Gasteiger partial charge in [0.25, 0.3) is 5.56 Å². The van der Waals surface area contributed by atoms with Crippen LogP contribution in [-0.2, 0) is 12.0 Å². The lowest BCUT2D eigenvalue weighted by molar-refractivity contribution is 0.269. The maximum atomic E-state index is 13.4. The number of benzene rings is 3. The lowest BCUT2D eigenvalue weighted by Gasteiger charge is -2.21. The molecule has 0 amide bonds. The summed E-state index contributed by atoms with van der Waals surface area (Å²) in [6.45, 7) is 8.43. The summed E-state index contributed by atoms with van der Waals surface area (Å²) in [5, 5.41) is 6.23. The Hall–Kier alpha value is -2.58. The van der Waals surface area contributed by atoms with Crippen molar-refractivity contribution in [2.24, 2.45) is 5.10 Å². The van der Waals surface area contributed by atoms with E-state index < -0.39 is 5.41 Å². The Bertz CT molecular complexity index is 1600. The van der Waals surface area contributed by atoms with Crippen molar-refractivity contribution >= 4 is 67.9 Å². The number of hydrogen-bond donors (Lipinski definition) is 0. The molecule has 4 rings (SSSR count). The first-order valence-corrected chi connectivity index (χ1v) is 13.7. The standard InChI is InChI=1S/C28H25BrCl3N3O3/c1-5-37-24-12-17(11-22(32)25(24)38-15-16-6-8-20(30)21(31)10-16)14-33-35-26(36)19-13-18(29)7-9-23(19)34-27(35)28(2,3)4/h6-14H,5,15H2,1-4H3. The van der Waals surface area contributed by atoms with Gasteiger partial charge < -0.3 is 9.47 Å². The van der Waals surface area contributed by atoms with Crippen LogP contribution < -0.4 is 15.0 Å². The second kappa shape index (κ2) is 11.7. The van der Waals surface area contributed by atoms with Gasteiger partial charge in [0, 0.05) is 9.89 Å². The lowest BCUT2D eigenvalue weighted by Crippen LogP contribution is -2.29. The van der Waals surface area contributed by atoms with E-state index in [9.17, 15) is 4.79 Å². The van der Waals surface area contributed by atoms with Crippen LogP contribution in [0.5, 0.6) is 11.5 Å². The normalized spacial score (nSPS) is 11.9. The molecular formula is C28H25BrCl3N3O3. The summed E-state index contributed by atoms with van der Waals surface area (Å²) in [6, 6.07) is 14.1. The van der Waals surface area contributed by atoms with Crippen molar-refractivity contribution in [2.75, 3.05) is 6.61 Å². The molecule has 0 atom stereocenters. The summed E-state index contributed by atoms with van der Waals surface area (Å²) in [5.74, 6) is 1.37. The zero-order valence-corrected chi connectivity index (χ0v) is 25.0.